The molecular weight excluding hydrogens is 277 g/mol. The van der Waals surface area contributed by atoms with Crippen molar-refractivity contribution in [1.29, 1.82) is 0 Å². The Hall–Kier alpha value is -1.10. The number of hydrogen-bond donors (Lipinski definition) is 1. The van der Waals surface area contributed by atoms with Crippen LogP contribution in [0.15, 0.2) is 22.7 Å². The Balaban J connectivity index is 1.83. The van der Waals surface area contributed by atoms with Crippen molar-refractivity contribution in [3.63, 3.8) is 0 Å². The SMILES string of the molecule is O=C(COc1ccc(Br)c(F)c1)NC1CC1. The van der Waals surface area contributed by atoms with Crippen LogP contribution >= 0.6 is 15.9 Å². The average molecular weight is 288 g/mol. The molecule has 86 valence electrons. The van der Waals surface area contributed by atoms with E-state index >= 15 is 0 Å². The van der Waals surface area contributed by atoms with Crippen molar-refractivity contribution >= 4 is 21.8 Å². The van der Waals surface area contributed by atoms with Crippen LogP contribution in [0.1, 0.15) is 12.8 Å². The third kappa shape index (κ3) is 3.20. The van der Waals surface area contributed by atoms with E-state index < -0.39 is 5.82 Å². The zero-order valence-electron chi connectivity index (χ0n) is 8.50. The maximum atomic E-state index is 13.1. The summed E-state index contributed by atoms with van der Waals surface area (Å²) in [6.07, 6.45) is 2.08. The largest absolute Gasteiger partial charge is 0.484 e. The highest BCUT2D eigenvalue weighted by Crippen LogP contribution is 2.21. The maximum Gasteiger partial charge on any atom is 0.258 e. The maximum absolute atomic E-state index is 13.1. The molecule has 0 spiro atoms. The van der Waals surface area contributed by atoms with Crippen LogP contribution in [-0.4, -0.2) is 18.6 Å². The lowest BCUT2D eigenvalue weighted by molar-refractivity contribution is -0.123. The van der Waals surface area contributed by atoms with Gasteiger partial charge in [0.15, 0.2) is 6.61 Å². The molecule has 1 saturated carbocycles. The minimum atomic E-state index is -0.403. The predicted molar refractivity (Wildman–Crippen MR) is 60.8 cm³/mol. The van der Waals surface area contributed by atoms with E-state index in [1.807, 2.05) is 0 Å². The lowest BCUT2D eigenvalue weighted by Gasteiger charge is -2.06. The Morgan fingerprint density at radius 1 is 1.56 bits per heavy atom. The third-order valence-electron chi connectivity index (χ3n) is 2.20. The average Bonchev–Trinajstić information content (AvgIpc) is 3.04. The van der Waals surface area contributed by atoms with Gasteiger partial charge in [0.25, 0.3) is 5.91 Å². The summed E-state index contributed by atoms with van der Waals surface area (Å²) in [5.74, 6) is -0.211. The number of amides is 1. The highest BCUT2D eigenvalue weighted by Gasteiger charge is 2.23. The summed E-state index contributed by atoms with van der Waals surface area (Å²) in [6, 6.07) is 4.72. The fourth-order valence-electron chi connectivity index (χ4n) is 1.21. The summed E-state index contributed by atoms with van der Waals surface area (Å²) in [5.41, 5.74) is 0. The van der Waals surface area contributed by atoms with Gasteiger partial charge in [-0.15, -0.1) is 0 Å². The van der Waals surface area contributed by atoms with Crippen molar-refractivity contribution in [2.45, 2.75) is 18.9 Å². The molecule has 1 aliphatic rings. The van der Waals surface area contributed by atoms with Crippen molar-refractivity contribution < 1.29 is 13.9 Å². The number of hydrogen-bond acceptors (Lipinski definition) is 2. The van der Waals surface area contributed by atoms with Crippen LogP contribution < -0.4 is 10.1 Å². The molecule has 1 fully saturated rings. The lowest BCUT2D eigenvalue weighted by atomic mass is 10.3. The van der Waals surface area contributed by atoms with Gasteiger partial charge in [0.05, 0.1) is 4.47 Å². The minimum absolute atomic E-state index is 0.0719. The Morgan fingerprint density at radius 3 is 2.94 bits per heavy atom. The van der Waals surface area contributed by atoms with E-state index in [0.717, 1.165) is 12.8 Å². The fourth-order valence-corrected chi connectivity index (χ4v) is 1.46. The smallest absolute Gasteiger partial charge is 0.258 e. The standard InChI is InChI=1S/C11H11BrFNO2/c12-9-4-3-8(5-10(9)13)16-6-11(15)14-7-1-2-7/h3-5,7H,1-2,6H2,(H,14,15). The molecule has 0 saturated heterocycles. The van der Waals surface area contributed by atoms with Crippen molar-refractivity contribution in [2.75, 3.05) is 6.61 Å². The number of carbonyl (C=O) groups is 1. The molecule has 0 aliphatic heterocycles. The minimum Gasteiger partial charge on any atom is -0.484 e. The Kier molecular flexibility index (Phi) is 3.43. The van der Waals surface area contributed by atoms with Gasteiger partial charge >= 0.3 is 0 Å². The van der Waals surface area contributed by atoms with Crippen molar-refractivity contribution in [2.24, 2.45) is 0 Å². The Bertz CT molecular complexity index is 407. The second kappa shape index (κ2) is 4.82. The number of benzene rings is 1. The summed E-state index contributed by atoms with van der Waals surface area (Å²) in [7, 11) is 0. The van der Waals surface area contributed by atoms with Gasteiger partial charge in [-0.25, -0.2) is 4.39 Å². The quantitative estimate of drug-likeness (QED) is 0.922. The second-order valence-corrected chi connectivity index (χ2v) is 4.56. The van der Waals surface area contributed by atoms with Gasteiger partial charge in [0.1, 0.15) is 11.6 Å². The molecular formula is C11H11BrFNO2. The molecule has 0 heterocycles. The van der Waals surface area contributed by atoms with E-state index in [1.165, 1.54) is 6.07 Å². The summed E-state index contributed by atoms with van der Waals surface area (Å²) in [5, 5.41) is 2.78. The number of nitrogens with one attached hydrogen (secondary N) is 1. The number of halogens is 2. The predicted octanol–water partition coefficient (Wildman–Crippen LogP) is 2.25. The van der Waals surface area contributed by atoms with Crippen molar-refractivity contribution in [3.05, 3.63) is 28.5 Å². The van der Waals surface area contributed by atoms with Crippen LogP contribution in [0.2, 0.25) is 0 Å². The summed E-state index contributed by atoms with van der Waals surface area (Å²) < 4.78 is 18.6. The lowest BCUT2D eigenvalue weighted by Crippen LogP contribution is -2.30. The third-order valence-corrected chi connectivity index (χ3v) is 2.85. The molecule has 0 bridgehead atoms. The summed E-state index contributed by atoms with van der Waals surface area (Å²) in [6.45, 7) is -0.0719. The van der Waals surface area contributed by atoms with Gasteiger partial charge in [0, 0.05) is 12.1 Å². The molecule has 0 radical (unpaired) electrons. The van der Waals surface area contributed by atoms with Gasteiger partial charge in [-0.1, -0.05) is 0 Å². The first-order valence-electron chi connectivity index (χ1n) is 5.02. The summed E-state index contributed by atoms with van der Waals surface area (Å²) in [4.78, 5) is 11.3. The topological polar surface area (TPSA) is 38.3 Å². The molecule has 16 heavy (non-hydrogen) atoms. The highest BCUT2D eigenvalue weighted by atomic mass is 79.9. The number of carbonyl (C=O) groups excluding carboxylic acids is 1. The molecule has 2 rings (SSSR count). The number of ether oxygens (including phenoxy) is 1. The van der Waals surface area contributed by atoms with Gasteiger partial charge in [-0.2, -0.15) is 0 Å². The van der Waals surface area contributed by atoms with Crippen LogP contribution in [0.5, 0.6) is 5.75 Å². The van der Waals surface area contributed by atoms with Crippen LogP contribution in [0.4, 0.5) is 4.39 Å². The molecule has 1 aromatic carbocycles. The molecule has 5 heteroatoms. The molecule has 0 unspecified atom stereocenters. The molecule has 1 aliphatic carbocycles. The molecule has 0 atom stereocenters. The van der Waals surface area contributed by atoms with Crippen LogP contribution in [-0.2, 0) is 4.79 Å². The first kappa shape index (κ1) is 11.4. The van der Waals surface area contributed by atoms with Crippen LogP contribution in [0.25, 0.3) is 0 Å². The molecule has 1 N–H and O–H groups in total. The first-order chi connectivity index (χ1) is 7.65. The van der Waals surface area contributed by atoms with E-state index in [4.69, 9.17) is 4.74 Å². The van der Waals surface area contributed by atoms with Gasteiger partial charge in [-0.3, -0.25) is 4.79 Å². The number of rotatable bonds is 4. The highest BCUT2D eigenvalue weighted by molar-refractivity contribution is 9.10. The van der Waals surface area contributed by atoms with Crippen LogP contribution in [0, 0.1) is 5.82 Å². The Morgan fingerprint density at radius 2 is 2.31 bits per heavy atom. The summed E-state index contributed by atoms with van der Waals surface area (Å²) >= 11 is 3.04. The van der Waals surface area contributed by atoms with Gasteiger partial charge in [0.2, 0.25) is 0 Å². The van der Waals surface area contributed by atoms with E-state index in [2.05, 4.69) is 21.2 Å². The van der Waals surface area contributed by atoms with Crippen LogP contribution in [0.3, 0.4) is 0 Å². The van der Waals surface area contributed by atoms with Crippen molar-refractivity contribution in [1.82, 2.24) is 5.32 Å². The molecule has 1 amide bonds. The van der Waals surface area contributed by atoms with Crippen molar-refractivity contribution in [3.8, 4) is 5.75 Å². The van der Waals surface area contributed by atoms with E-state index in [-0.39, 0.29) is 12.5 Å². The zero-order chi connectivity index (χ0) is 11.5. The molecule has 3 nitrogen and oxygen atoms in total. The molecule has 1 aromatic rings. The second-order valence-electron chi connectivity index (χ2n) is 3.71. The van der Waals surface area contributed by atoms with E-state index in [9.17, 15) is 9.18 Å². The normalized spacial score (nSPS) is 14.6. The first-order valence-corrected chi connectivity index (χ1v) is 5.81. The van der Waals surface area contributed by atoms with Gasteiger partial charge < -0.3 is 10.1 Å². The molecule has 0 aromatic heterocycles. The van der Waals surface area contributed by atoms with E-state index in [0.29, 0.717) is 16.3 Å². The Labute approximate surface area is 101 Å². The van der Waals surface area contributed by atoms with E-state index in [1.54, 1.807) is 12.1 Å². The van der Waals surface area contributed by atoms with Gasteiger partial charge in [-0.05, 0) is 40.9 Å². The monoisotopic (exact) mass is 287 g/mol. The zero-order valence-corrected chi connectivity index (χ0v) is 10.1. The fraction of sp³-hybridized carbons (Fsp3) is 0.364.